The standard InChI is InChI=1S/C8H18N2OS/c1-7(9-3)12-6-5-10(4)8(2)11/h7,9H,5-6H2,1-4H3. The van der Waals surface area contributed by atoms with Crippen LogP contribution in [0.15, 0.2) is 0 Å². The van der Waals surface area contributed by atoms with Crippen molar-refractivity contribution in [3.05, 3.63) is 0 Å². The molecule has 0 heterocycles. The van der Waals surface area contributed by atoms with Crippen molar-refractivity contribution in [2.24, 2.45) is 0 Å². The molecule has 0 aromatic carbocycles. The van der Waals surface area contributed by atoms with Crippen LogP contribution in [0, 0.1) is 0 Å². The number of hydrogen-bond donors (Lipinski definition) is 1. The predicted molar refractivity (Wildman–Crippen MR) is 54.3 cm³/mol. The number of nitrogens with zero attached hydrogens (tertiary/aromatic N) is 1. The van der Waals surface area contributed by atoms with Gasteiger partial charge in [-0.05, 0) is 14.0 Å². The topological polar surface area (TPSA) is 32.3 Å². The van der Waals surface area contributed by atoms with Crippen LogP contribution in [0.5, 0.6) is 0 Å². The highest BCUT2D eigenvalue weighted by Gasteiger charge is 2.02. The van der Waals surface area contributed by atoms with E-state index in [0.717, 1.165) is 12.3 Å². The monoisotopic (exact) mass is 190 g/mol. The summed E-state index contributed by atoms with van der Waals surface area (Å²) in [5.74, 6) is 1.12. The Morgan fingerprint density at radius 1 is 1.67 bits per heavy atom. The lowest BCUT2D eigenvalue weighted by molar-refractivity contribution is -0.127. The van der Waals surface area contributed by atoms with E-state index in [1.807, 2.05) is 25.9 Å². The Morgan fingerprint density at radius 2 is 2.25 bits per heavy atom. The Labute approximate surface area is 78.9 Å². The molecule has 0 radical (unpaired) electrons. The number of carbonyl (C=O) groups is 1. The molecule has 0 aliphatic rings. The smallest absolute Gasteiger partial charge is 0.219 e. The van der Waals surface area contributed by atoms with Crippen molar-refractivity contribution in [1.29, 1.82) is 0 Å². The fourth-order valence-corrected chi connectivity index (χ4v) is 1.51. The Morgan fingerprint density at radius 3 is 2.67 bits per heavy atom. The van der Waals surface area contributed by atoms with Gasteiger partial charge in [0.05, 0.1) is 5.37 Å². The summed E-state index contributed by atoms with van der Waals surface area (Å²) in [6, 6.07) is 0. The van der Waals surface area contributed by atoms with E-state index < -0.39 is 0 Å². The molecule has 0 saturated carbocycles. The Balaban J connectivity index is 3.37. The second-order valence-electron chi connectivity index (χ2n) is 2.74. The molecule has 72 valence electrons. The van der Waals surface area contributed by atoms with Gasteiger partial charge in [0, 0.05) is 26.3 Å². The zero-order valence-corrected chi connectivity index (χ0v) is 9.07. The zero-order valence-electron chi connectivity index (χ0n) is 8.26. The lowest BCUT2D eigenvalue weighted by Gasteiger charge is -2.16. The Hall–Kier alpha value is -0.220. The van der Waals surface area contributed by atoms with Crippen molar-refractivity contribution in [2.45, 2.75) is 19.2 Å². The molecule has 4 heteroatoms. The van der Waals surface area contributed by atoms with E-state index in [9.17, 15) is 4.79 Å². The summed E-state index contributed by atoms with van der Waals surface area (Å²) in [4.78, 5) is 12.5. The summed E-state index contributed by atoms with van der Waals surface area (Å²) in [7, 11) is 3.76. The van der Waals surface area contributed by atoms with E-state index >= 15 is 0 Å². The molecule has 0 aromatic rings. The number of carbonyl (C=O) groups excluding carboxylic acids is 1. The van der Waals surface area contributed by atoms with Gasteiger partial charge in [0.2, 0.25) is 5.91 Å². The fraction of sp³-hybridized carbons (Fsp3) is 0.875. The third kappa shape index (κ3) is 5.43. The van der Waals surface area contributed by atoms with Crippen molar-refractivity contribution >= 4 is 17.7 Å². The van der Waals surface area contributed by atoms with Crippen LogP contribution in [0.25, 0.3) is 0 Å². The highest BCUT2D eigenvalue weighted by atomic mass is 32.2. The van der Waals surface area contributed by atoms with Crippen molar-refractivity contribution in [3.8, 4) is 0 Å². The third-order valence-corrected chi connectivity index (χ3v) is 2.89. The van der Waals surface area contributed by atoms with E-state index in [1.54, 1.807) is 11.8 Å². The first-order chi connectivity index (χ1) is 5.57. The molecule has 0 aliphatic heterocycles. The van der Waals surface area contributed by atoms with E-state index in [2.05, 4.69) is 12.2 Å². The molecule has 0 aromatic heterocycles. The van der Waals surface area contributed by atoms with Crippen molar-refractivity contribution < 1.29 is 4.79 Å². The van der Waals surface area contributed by atoms with E-state index in [1.165, 1.54) is 0 Å². The summed E-state index contributed by atoms with van der Waals surface area (Å²) >= 11 is 1.82. The largest absolute Gasteiger partial charge is 0.345 e. The molecule has 1 amide bonds. The molecule has 0 rings (SSSR count). The lowest BCUT2D eigenvalue weighted by Crippen LogP contribution is -2.27. The Kier molecular flexibility index (Phi) is 6.20. The first-order valence-electron chi connectivity index (χ1n) is 4.08. The number of hydrogen-bond acceptors (Lipinski definition) is 3. The normalized spacial score (nSPS) is 12.7. The third-order valence-electron chi connectivity index (χ3n) is 1.74. The van der Waals surface area contributed by atoms with Gasteiger partial charge in [-0.1, -0.05) is 0 Å². The molecule has 0 fully saturated rings. The molecular weight excluding hydrogens is 172 g/mol. The van der Waals surface area contributed by atoms with Crippen molar-refractivity contribution in [1.82, 2.24) is 10.2 Å². The van der Waals surface area contributed by atoms with Crippen LogP contribution in [-0.2, 0) is 4.79 Å². The maximum atomic E-state index is 10.8. The molecule has 1 atom stereocenters. The van der Waals surface area contributed by atoms with Gasteiger partial charge in [-0.15, -0.1) is 11.8 Å². The van der Waals surface area contributed by atoms with Crippen LogP contribution < -0.4 is 5.32 Å². The van der Waals surface area contributed by atoms with Gasteiger partial charge >= 0.3 is 0 Å². The molecule has 0 bridgehead atoms. The summed E-state index contributed by atoms with van der Waals surface area (Å²) in [5.41, 5.74) is 0. The van der Waals surface area contributed by atoms with Gasteiger partial charge in [0.15, 0.2) is 0 Å². The lowest BCUT2D eigenvalue weighted by atomic mass is 10.5. The first-order valence-corrected chi connectivity index (χ1v) is 5.13. The quantitative estimate of drug-likeness (QED) is 0.650. The average molecular weight is 190 g/mol. The van der Waals surface area contributed by atoms with Crippen LogP contribution in [-0.4, -0.2) is 42.6 Å². The van der Waals surface area contributed by atoms with Gasteiger partial charge in [0.1, 0.15) is 0 Å². The minimum absolute atomic E-state index is 0.132. The fourth-order valence-electron chi connectivity index (χ4n) is 0.607. The Bertz CT molecular complexity index is 141. The molecule has 1 unspecified atom stereocenters. The average Bonchev–Trinajstić information content (AvgIpc) is 2.03. The molecular formula is C8H18N2OS. The van der Waals surface area contributed by atoms with Gasteiger partial charge < -0.3 is 10.2 Å². The number of thioether (sulfide) groups is 1. The van der Waals surface area contributed by atoms with Crippen LogP contribution in [0.1, 0.15) is 13.8 Å². The molecule has 1 N–H and O–H groups in total. The van der Waals surface area contributed by atoms with Gasteiger partial charge in [-0.2, -0.15) is 0 Å². The second kappa shape index (κ2) is 6.31. The summed E-state index contributed by atoms with van der Waals surface area (Å²) < 4.78 is 0. The number of rotatable bonds is 5. The van der Waals surface area contributed by atoms with Crippen LogP contribution in [0.3, 0.4) is 0 Å². The van der Waals surface area contributed by atoms with E-state index in [4.69, 9.17) is 0 Å². The number of nitrogens with one attached hydrogen (secondary N) is 1. The first kappa shape index (κ1) is 11.8. The maximum absolute atomic E-state index is 10.8. The summed E-state index contributed by atoms with van der Waals surface area (Å²) in [6.45, 7) is 4.52. The van der Waals surface area contributed by atoms with Gasteiger partial charge in [-0.3, -0.25) is 4.79 Å². The minimum Gasteiger partial charge on any atom is -0.345 e. The highest BCUT2D eigenvalue weighted by molar-refractivity contribution is 7.99. The molecule has 0 spiro atoms. The molecule has 12 heavy (non-hydrogen) atoms. The SMILES string of the molecule is CNC(C)SCCN(C)C(C)=O. The molecule has 3 nitrogen and oxygen atoms in total. The second-order valence-corrected chi connectivity index (χ2v) is 4.19. The van der Waals surface area contributed by atoms with E-state index in [0.29, 0.717) is 5.37 Å². The van der Waals surface area contributed by atoms with Gasteiger partial charge in [-0.25, -0.2) is 0 Å². The zero-order chi connectivity index (χ0) is 9.56. The maximum Gasteiger partial charge on any atom is 0.219 e. The van der Waals surface area contributed by atoms with Crippen LogP contribution in [0.4, 0.5) is 0 Å². The van der Waals surface area contributed by atoms with E-state index in [-0.39, 0.29) is 5.91 Å². The predicted octanol–water partition coefficient (Wildman–Crippen LogP) is 0.763. The molecule has 0 saturated heterocycles. The number of amides is 1. The van der Waals surface area contributed by atoms with Crippen LogP contribution >= 0.6 is 11.8 Å². The summed E-state index contributed by atoms with van der Waals surface area (Å²) in [5, 5.41) is 3.59. The van der Waals surface area contributed by atoms with Crippen molar-refractivity contribution in [2.75, 3.05) is 26.4 Å². The van der Waals surface area contributed by atoms with Gasteiger partial charge in [0.25, 0.3) is 0 Å². The van der Waals surface area contributed by atoms with Crippen LogP contribution in [0.2, 0.25) is 0 Å². The van der Waals surface area contributed by atoms with Crippen molar-refractivity contribution in [3.63, 3.8) is 0 Å². The minimum atomic E-state index is 0.132. The summed E-state index contributed by atoms with van der Waals surface area (Å²) in [6.07, 6.45) is 0. The molecule has 0 aliphatic carbocycles. The highest BCUT2D eigenvalue weighted by Crippen LogP contribution is 2.06.